The molecule has 2 fully saturated rings. The molecule has 2 atom stereocenters. The molecule has 0 N–H and O–H groups in total. The molecule has 0 radical (unpaired) electrons. The van der Waals surface area contributed by atoms with Gasteiger partial charge in [-0.15, -0.1) is 0 Å². The van der Waals surface area contributed by atoms with Crippen molar-refractivity contribution in [3.8, 4) is 0 Å². The van der Waals surface area contributed by atoms with Gasteiger partial charge in [0.15, 0.2) is 0 Å². The first-order valence-corrected chi connectivity index (χ1v) is 8.29. The fraction of sp³-hybridized carbons (Fsp3) is 0.556. The first-order valence-electron chi connectivity index (χ1n) is 8.49. The highest BCUT2D eigenvalue weighted by Gasteiger charge is 2.59. The van der Waals surface area contributed by atoms with Crippen molar-refractivity contribution >= 4 is 21.5 Å². The predicted molar refractivity (Wildman–Crippen MR) is 85.6 cm³/mol. The minimum absolute atomic E-state index is 0.00326. The van der Waals surface area contributed by atoms with Gasteiger partial charge in [-0.1, -0.05) is 28.5 Å². The number of hydrogen-bond acceptors (Lipinski definition) is 1. The Balaban J connectivity index is 1.79. The van der Waals surface area contributed by atoms with Crippen molar-refractivity contribution in [2.45, 2.75) is 44.6 Å². The van der Waals surface area contributed by atoms with Gasteiger partial charge < -0.3 is 4.74 Å². The topological polar surface area (TPSA) is 9.23 Å². The van der Waals surface area contributed by atoms with E-state index in [0.717, 1.165) is 41.3 Å². The van der Waals surface area contributed by atoms with Crippen LogP contribution in [0.25, 0.3) is 5.57 Å². The van der Waals surface area contributed by atoms with Crippen LogP contribution in [-0.4, -0.2) is 13.2 Å². The Morgan fingerprint density at radius 1 is 1.40 bits per heavy atom. The van der Waals surface area contributed by atoms with E-state index in [1.807, 2.05) is 7.11 Å². The van der Waals surface area contributed by atoms with Crippen LogP contribution in [0.15, 0.2) is 29.2 Å². The van der Waals surface area contributed by atoms with Crippen LogP contribution >= 0.6 is 15.9 Å². The molecule has 0 amide bonds. The Kier molecular flexibility index (Phi) is 2.32. The van der Waals surface area contributed by atoms with Crippen LogP contribution in [0.5, 0.6) is 0 Å². The lowest BCUT2D eigenvalue weighted by atomic mass is 9.63. The van der Waals surface area contributed by atoms with Crippen molar-refractivity contribution in [2.24, 2.45) is 10.8 Å². The standard InChI is InChI=1S/C18H21BrO/c1-12-15-9-14(19)4-3-13(15)10-18(12)6-5-16(20-2)17(11-18)7-8-17/h3-4,9,16H,1,5-8,10-11H2,2H3/t16-,18+/m0/s1/i1D2. The monoisotopic (exact) mass is 334 g/mol. The van der Waals surface area contributed by atoms with Crippen LogP contribution in [0.1, 0.15) is 46.0 Å². The van der Waals surface area contributed by atoms with E-state index in [2.05, 4.69) is 34.1 Å². The molecule has 1 nitrogen and oxygen atoms in total. The fourth-order valence-electron chi connectivity index (χ4n) is 4.66. The van der Waals surface area contributed by atoms with Gasteiger partial charge in [-0.05, 0) is 72.8 Å². The van der Waals surface area contributed by atoms with Crippen molar-refractivity contribution in [1.29, 1.82) is 0 Å². The van der Waals surface area contributed by atoms with Crippen LogP contribution in [0, 0.1) is 10.8 Å². The van der Waals surface area contributed by atoms with Gasteiger partial charge in [-0.2, -0.15) is 0 Å². The van der Waals surface area contributed by atoms with Gasteiger partial charge >= 0.3 is 0 Å². The zero-order chi connectivity index (χ0) is 15.5. The van der Waals surface area contributed by atoms with Crippen molar-refractivity contribution in [3.63, 3.8) is 0 Å². The van der Waals surface area contributed by atoms with E-state index in [1.165, 1.54) is 18.4 Å². The molecule has 106 valence electrons. The number of halogens is 1. The van der Waals surface area contributed by atoms with Gasteiger partial charge in [-0.25, -0.2) is 0 Å². The molecule has 1 aromatic rings. The second kappa shape index (κ2) is 4.20. The van der Waals surface area contributed by atoms with Crippen molar-refractivity contribution < 1.29 is 7.48 Å². The molecule has 20 heavy (non-hydrogen) atoms. The highest BCUT2D eigenvalue weighted by Crippen LogP contribution is 2.66. The number of benzene rings is 1. The van der Waals surface area contributed by atoms with Crippen molar-refractivity contribution in [1.82, 2.24) is 0 Å². The summed E-state index contributed by atoms with van der Waals surface area (Å²) in [5.74, 6) is 0. The van der Waals surface area contributed by atoms with Gasteiger partial charge in [-0.3, -0.25) is 0 Å². The van der Waals surface area contributed by atoms with Gasteiger partial charge in [0.25, 0.3) is 0 Å². The van der Waals surface area contributed by atoms with Crippen molar-refractivity contribution in [2.75, 3.05) is 7.11 Å². The smallest absolute Gasteiger partial charge is 0.0628 e. The van der Waals surface area contributed by atoms with E-state index < -0.39 is 0 Å². The van der Waals surface area contributed by atoms with E-state index in [9.17, 15) is 0 Å². The zero-order valence-electron chi connectivity index (χ0n) is 13.8. The number of allylic oxidation sites excluding steroid dienone is 1. The molecule has 0 unspecified atom stereocenters. The molecule has 2 heteroatoms. The Labute approximate surface area is 132 Å². The summed E-state index contributed by atoms with van der Waals surface area (Å²) in [5.41, 5.74) is 3.72. The zero-order valence-corrected chi connectivity index (χ0v) is 13.4. The number of hydrogen-bond donors (Lipinski definition) is 0. The molecule has 3 aliphatic carbocycles. The molecule has 4 rings (SSSR count). The Hall–Kier alpha value is -0.600. The van der Waals surface area contributed by atoms with E-state index in [1.54, 1.807) is 0 Å². The fourth-order valence-corrected chi connectivity index (χ4v) is 5.02. The summed E-state index contributed by atoms with van der Waals surface area (Å²) in [7, 11) is 1.83. The van der Waals surface area contributed by atoms with Gasteiger partial charge in [0, 0.05) is 17.0 Å². The third-order valence-corrected chi connectivity index (χ3v) is 6.33. The first-order chi connectivity index (χ1) is 10.5. The summed E-state index contributed by atoms with van der Waals surface area (Å²) in [6, 6.07) is 6.35. The molecule has 1 aromatic carbocycles. The normalized spacial score (nSPS) is 34.9. The summed E-state index contributed by atoms with van der Waals surface area (Å²) in [5, 5.41) is 0. The third kappa shape index (κ3) is 1.70. The first kappa shape index (κ1) is 11.0. The number of methoxy groups -OCH3 is 1. The highest BCUT2D eigenvalue weighted by molar-refractivity contribution is 9.10. The third-order valence-electron chi connectivity index (χ3n) is 5.84. The summed E-state index contributed by atoms with van der Waals surface area (Å²) in [6.45, 7) is 0.00326. The SMILES string of the molecule is [2H]C([2H])=C1c2cc(Br)ccc2C[C@@]12CC[C@H](OC)C1(CC1)C2. The molecule has 2 spiro atoms. The van der Waals surface area contributed by atoms with Crippen LogP contribution in [-0.2, 0) is 11.2 Å². The molecule has 0 saturated heterocycles. The van der Waals surface area contributed by atoms with Gasteiger partial charge in [0.1, 0.15) is 0 Å². The Morgan fingerprint density at radius 3 is 2.95 bits per heavy atom. The lowest BCUT2D eigenvalue weighted by Crippen LogP contribution is -2.39. The van der Waals surface area contributed by atoms with E-state index >= 15 is 0 Å². The molecule has 0 heterocycles. The molecule has 0 aliphatic heterocycles. The van der Waals surface area contributed by atoms with E-state index in [0.29, 0.717) is 11.5 Å². The number of rotatable bonds is 1. The molecule has 2 saturated carbocycles. The average molecular weight is 335 g/mol. The number of fused-ring (bicyclic) bond motifs is 1. The summed E-state index contributed by atoms with van der Waals surface area (Å²) in [6.07, 6.45) is 7.03. The maximum atomic E-state index is 8.08. The summed E-state index contributed by atoms with van der Waals surface area (Å²) >= 11 is 3.54. The quantitative estimate of drug-likeness (QED) is 0.703. The minimum Gasteiger partial charge on any atom is -0.381 e. The summed E-state index contributed by atoms with van der Waals surface area (Å²) < 4.78 is 22.9. The van der Waals surface area contributed by atoms with E-state index in [4.69, 9.17) is 7.48 Å². The second-order valence-electron chi connectivity index (χ2n) is 6.94. The average Bonchev–Trinajstić information content (AvgIpc) is 3.14. The predicted octanol–water partition coefficient (Wildman–Crippen LogP) is 4.98. The highest BCUT2D eigenvalue weighted by atomic mass is 79.9. The van der Waals surface area contributed by atoms with Gasteiger partial charge in [0.05, 0.1) is 8.85 Å². The largest absolute Gasteiger partial charge is 0.381 e. The lowest BCUT2D eigenvalue weighted by Gasteiger charge is -2.43. The molecule has 0 bridgehead atoms. The second-order valence-corrected chi connectivity index (χ2v) is 7.85. The Morgan fingerprint density at radius 2 is 2.25 bits per heavy atom. The molecular formula is C18H21BrO. The Bertz CT molecular complexity index is 661. The molecule has 0 aromatic heterocycles. The van der Waals surface area contributed by atoms with Crippen molar-refractivity contribution in [3.05, 3.63) is 40.3 Å². The maximum Gasteiger partial charge on any atom is 0.0628 e. The van der Waals surface area contributed by atoms with Crippen LogP contribution in [0.3, 0.4) is 0 Å². The lowest BCUT2D eigenvalue weighted by molar-refractivity contribution is -0.0181. The molecule has 3 aliphatic rings. The van der Waals surface area contributed by atoms with Crippen LogP contribution in [0.4, 0.5) is 0 Å². The maximum absolute atomic E-state index is 8.08. The molecular weight excluding hydrogens is 312 g/mol. The van der Waals surface area contributed by atoms with E-state index in [-0.39, 0.29) is 11.9 Å². The van der Waals surface area contributed by atoms with Crippen LogP contribution in [0.2, 0.25) is 0 Å². The minimum atomic E-state index is -0.00646. The van der Waals surface area contributed by atoms with Gasteiger partial charge in [0.2, 0.25) is 0 Å². The number of ether oxygens (including phenoxy) is 1. The van der Waals surface area contributed by atoms with Crippen LogP contribution < -0.4 is 0 Å². The summed E-state index contributed by atoms with van der Waals surface area (Å²) in [4.78, 5) is 0.